The Labute approximate surface area is 99.5 Å². The van der Waals surface area contributed by atoms with Crippen LogP contribution in [0.1, 0.15) is 25.7 Å². The molecule has 0 aromatic rings. The first-order chi connectivity index (χ1) is 7.13. The molecule has 15 heavy (non-hydrogen) atoms. The molecule has 1 heterocycles. The van der Waals surface area contributed by atoms with Gasteiger partial charge in [-0.1, -0.05) is 36.0 Å². The van der Waals surface area contributed by atoms with Crippen LogP contribution < -0.4 is 0 Å². The molecule has 1 aliphatic heterocycles. The number of allylic oxidation sites excluding steroid dienone is 2. The molecule has 0 aromatic carbocycles. The average Bonchev–Trinajstić information content (AvgIpc) is 2.70. The van der Waals surface area contributed by atoms with Crippen LogP contribution in [0.15, 0.2) is 23.9 Å². The molecule has 0 spiro atoms. The fourth-order valence-corrected chi connectivity index (χ4v) is 2.65. The summed E-state index contributed by atoms with van der Waals surface area (Å²) in [5.74, 6) is 0. The first-order valence-corrected chi connectivity index (χ1v) is 5.84. The van der Waals surface area contributed by atoms with Crippen LogP contribution in [0, 0.1) is 0 Å². The zero-order valence-electron chi connectivity index (χ0n) is 8.25. The molecule has 81 valence electrons. The van der Waals surface area contributed by atoms with Crippen LogP contribution in [0.5, 0.6) is 0 Å². The highest BCUT2D eigenvalue weighted by atomic mass is 35.5. The van der Waals surface area contributed by atoms with Gasteiger partial charge >= 0.3 is 0 Å². The summed E-state index contributed by atoms with van der Waals surface area (Å²) < 4.78 is -1.02. The summed E-state index contributed by atoms with van der Waals surface area (Å²) >= 11 is 12.3. The number of carbonyl (C=O) groups excluding carboxylic acids is 1. The van der Waals surface area contributed by atoms with Gasteiger partial charge in [0.1, 0.15) is 0 Å². The molecule has 1 saturated carbocycles. The van der Waals surface area contributed by atoms with Gasteiger partial charge in [0.05, 0.1) is 0 Å². The fraction of sp³-hybridized carbons (Fsp3) is 0.545. The van der Waals surface area contributed by atoms with Crippen LogP contribution in [-0.2, 0) is 4.79 Å². The average molecular weight is 245 g/mol. The summed E-state index contributed by atoms with van der Waals surface area (Å²) in [7, 11) is 0. The Hall–Kier alpha value is -0.470. The highest BCUT2D eigenvalue weighted by molar-refractivity contribution is 6.49. The van der Waals surface area contributed by atoms with Crippen molar-refractivity contribution in [3.8, 4) is 0 Å². The van der Waals surface area contributed by atoms with E-state index in [0.717, 1.165) is 12.8 Å². The lowest BCUT2D eigenvalue weighted by Crippen LogP contribution is -2.42. The van der Waals surface area contributed by atoms with Crippen LogP contribution in [-0.4, -0.2) is 21.7 Å². The minimum Gasteiger partial charge on any atom is -0.340 e. The summed E-state index contributed by atoms with van der Waals surface area (Å²) in [6, 6.07) is 0.341. The molecule has 0 N–H and O–H groups in total. The summed E-state index contributed by atoms with van der Waals surface area (Å²) in [6.45, 7) is 0. The van der Waals surface area contributed by atoms with Gasteiger partial charge in [0.25, 0.3) is 0 Å². The molecule has 0 saturated heterocycles. The number of hydrogen-bond acceptors (Lipinski definition) is 2. The van der Waals surface area contributed by atoms with Crippen LogP contribution in [0.25, 0.3) is 0 Å². The standard InChI is InChI=1S/C11H12Cl2NO/c12-11(13)6-5-9(8-15)7-14(11)10-3-1-2-4-10/h5-7,10H,1-4H2. The topological polar surface area (TPSA) is 20.3 Å². The molecule has 1 fully saturated rings. The SMILES string of the molecule is O=[C]C1=CN(C2CCCC2)C(Cl)(Cl)C=C1. The van der Waals surface area contributed by atoms with Crippen molar-refractivity contribution in [3.05, 3.63) is 23.9 Å². The van der Waals surface area contributed by atoms with Gasteiger partial charge in [0.2, 0.25) is 10.7 Å². The summed E-state index contributed by atoms with van der Waals surface area (Å²) in [6.07, 6.45) is 11.4. The Balaban J connectivity index is 2.22. The molecule has 0 unspecified atom stereocenters. The predicted octanol–water partition coefficient (Wildman–Crippen LogP) is 2.93. The lowest BCUT2D eigenvalue weighted by molar-refractivity contribution is 0.257. The van der Waals surface area contributed by atoms with E-state index in [-0.39, 0.29) is 0 Å². The van der Waals surface area contributed by atoms with Crippen molar-refractivity contribution in [1.82, 2.24) is 4.90 Å². The van der Waals surface area contributed by atoms with Gasteiger partial charge in [-0.05, 0) is 25.0 Å². The fourth-order valence-electron chi connectivity index (χ4n) is 2.15. The van der Waals surface area contributed by atoms with Crippen LogP contribution >= 0.6 is 23.2 Å². The van der Waals surface area contributed by atoms with Gasteiger partial charge in [-0.2, -0.15) is 0 Å². The van der Waals surface area contributed by atoms with E-state index in [4.69, 9.17) is 23.2 Å². The van der Waals surface area contributed by atoms with E-state index >= 15 is 0 Å². The van der Waals surface area contributed by atoms with Gasteiger partial charge < -0.3 is 4.90 Å². The van der Waals surface area contributed by atoms with E-state index in [2.05, 4.69) is 0 Å². The second-order valence-electron chi connectivity index (χ2n) is 3.95. The summed E-state index contributed by atoms with van der Waals surface area (Å²) in [4.78, 5) is 12.4. The monoisotopic (exact) mass is 244 g/mol. The zero-order chi connectivity index (χ0) is 10.9. The van der Waals surface area contributed by atoms with Crippen molar-refractivity contribution >= 4 is 29.5 Å². The molecule has 1 radical (unpaired) electrons. The van der Waals surface area contributed by atoms with Crippen molar-refractivity contribution in [2.24, 2.45) is 0 Å². The second-order valence-corrected chi connectivity index (χ2v) is 5.30. The third kappa shape index (κ3) is 2.21. The molecule has 1 aliphatic carbocycles. The highest BCUT2D eigenvalue weighted by Crippen LogP contribution is 2.38. The van der Waals surface area contributed by atoms with Crippen LogP contribution in [0.2, 0.25) is 0 Å². The molecule has 0 atom stereocenters. The third-order valence-corrected chi connectivity index (χ3v) is 3.56. The normalized spacial score (nSPS) is 25.5. The Morgan fingerprint density at radius 2 is 2.07 bits per heavy atom. The van der Waals surface area contributed by atoms with Crippen molar-refractivity contribution in [2.45, 2.75) is 36.2 Å². The number of halogens is 2. The van der Waals surface area contributed by atoms with E-state index in [1.165, 1.54) is 12.8 Å². The molecule has 2 nitrogen and oxygen atoms in total. The smallest absolute Gasteiger partial charge is 0.235 e. The minimum atomic E-state index is -1.02. The minimum absolute atomic E-state index is 0.341. The number of rotatable bonds is 2. The Kier molecular flexibility index (Phi) is 3.08. The maximum atomic E-state index is 10.6. The van der Waals surface area contributed by atoms with Gasteiger partial charge in [-0.3, -0.25) is 4.79 Å². The Bertz CT molecular complexity index is 317. The maximum absolute atomic E-state index is 10.6. The first kappa shape index (κ1) is 11.0. The summed E-state index contributed by atoms with van der Waals surface area (Å²) in [5, 5.41) is 0. The molecule has 0 amide bonds. The van der Waals surface area contributed by atoms with E-state index in [1.54, 1.807) is 18.4 Å². The van der Waals surface area contributed by atoms with Crippen molar-refractivity contribution in [3.63, 3.8) is 0 Å². The molecule has 2 aliphatic rings. The van der Waals surface area contributed by atoms with Gasteiger partial charge in [0, 0.05) is 17.8 Å². The van der Waals surface area contributed by atoms with Crippen LogP contribution in [0.3, 0.4) is 0 Å². The predicted molar refractivity (Wildman–Crippen MR) is 61.4 cm³/mol. The maximum Gasteiger partial charge on any atom is 0.235 e. The second kappa shape index (κ2) is 4.18. The van der Waals surface area contributed by atoms with Gasteiger partial charge in [-0.15, -0.1) is 0 Å². The quantitative estimate of drug-likeness (QED) is 0.550. The first-order valence-electron chi connectivity index (χ1n) is 5.09. The van der Waals surface area contributed by atoms with Crippen molar-refractivity contribution in [2.75, 3.05) is 0 Å². The van der Waals surface area contributed by atoms with E-state index in [0.29, 0.717) is 11.6 Å². The highest BCUT2D eigenvalue weighted by Gasteiger charge is 2.36. The number of hydrogen-bond donors (Lipinski definition) is 0. The molecular weight excluding hydrogens is 233 g/mol. The lowest BCUT2D eigenvalue weighted by atomic mass is 10.1. The molecular formula is C11H12Cl2NO. The van der Waals surface area contributed by atoms with E-state index < -0.39 is 4.46 Å². The molecule has 0 aromatic heterocycles. The molecule has 2 rings (SSSR count). The number of nitrogens with zero attached hydrogens (tertiary/aromatic N) is 1. The van der Waals surface area contributed by atoms with Gasteiger partial charge in [0.15, 0.2) is 0 Å². The lowest BCUT2D eigenvalue weighted by Gasteiger charge is -2.38. The third-order valence-electron chi connectivity index (χ3n) is 2.92. The van der Waals surface area contributed by atoms with Crippen molar-refractivity contribution < 1.29 is 4.79 Å². The Morgan fingerprint density at radius 3 is 2.67 bits per heavy atom. The van der Waals surface area contributed by atoms with E-state index in [1.807, 2.05) is 11.2 Å². The largest absolute Gasteiger partial charge is 0.340 e. The Morgan fingerprint density at radius 1 is 1.40 bits per heavy atom. The van der Waals surface area contributed by atoms with E-state index in [9.17, 15) is 4.79 Å². The van der Waals surface area contributed by atoms with Gasteiger partial charge in [-0.25, -0.2) is 0 Å². The van der Waals surface area contributed by atoms with Crippen LogP contribution in [0.4, 0.5) is 0 Å². The summed E-state index contributed by atoms with van der Waals surface area (Å²) in [5.41, 5.74) is 0.499. The number of alkyl halides is 2. The molecule has 0 bridgehead atoms. The molecule has 4 heteroatoms. The zero-order valence-corrected chi connectivity index (χ0v) is 9.76. The van der Waals surface area contributed by atoms with Crippen molar-refractivity contribution in [1.29, 1.82) is 0 Å².